The Hall–Kier alpha value is -2.00. The molecule has 9 heteroatoms. The first kappa shape index (κ1) is 22.2. The maximum atomic E-state index is 11.9. The van der Waals surface area contributed by atoms with Crippen LogP contribution in [-0.2, 0) is 17.8 Å². The molecule has 0 N–H and O–H groups in total. The van der Waals surface area contributed by atoms with Crippen molar-refractivity contribution >= 4 is 34.5 Å². The molecule has 3 aromatic rings. The highest BCUT2D eigenvalue weighted by molar-refractivity contribution is 7.76. The summed E-state index contributed by atoms with van der Waals surface area (Å²) in [6, 6.07) is 18.5. The third-order valence-corrected chi connectivity index (χ3v) is 6.71. The number of pyridine rings is 1. The smallest absolute Gasteiger partial charge is 0.184 e. The molecule has 162 valence electrons. The number of hydrogen-bond donors (Lipinski definition) is 0. The molecule has 0 saturated carbocycles. The van der Waals surface area contributed by atoms with Crippen molar-refractivity contribution in [3.8, 4) is 0 Å². The average molecular weight is 477 g/mol. The van der Waals surface area contributed by atoms with E-state index in [1.807, 2.05) is 48.5 Å². The molecule has 1 atom stereocenters. The van der Waals surface area contributed by atoms with Gasteiger partial charge in [0.15, 0.2) is 12.4 Å². The van der Waals surface area contributed by atoms with E-state index in [0.717, 1.165) is 11.1 Å². The SMILES string of the molecule is O=S([O-])N(Cc1ccc[n+]([O-])c1)C1CN(C(c2ccc(Cl)cc2)c2ccc(Cl)cc2)C1. The fourth-order valence-corrected chi connectivity index (χ4v) is 4.75. The van der Waals surface area contributed by atoms with Crippen LogP contribution in [0.1, 0.15) is 22.7 Å². The standard InChI is InChI=1S/C22H21Cl2N3O3S/c23-19-7-3-17(4-8-19)22(18-5-9-20(24)10-6-18)25-14-21(15-25)27(31(29)30)13-16-2-1-11-26(28)12-16/h1-12,21-22H,13-15H2,(H,29,30)/p-1. The minimum atomic E-state index is -2.40. The zero-order valence-corrected chi connectivity index (χ0v) is 18.8. The fourth-order valence-electron chi connectivity index (χ4n) is 3.86. The van der Waals surface area contributed by atoms with Crippen molar-refractivity contribution in [3.63, 3.8) is 0 Å². The second-order valence-corrected chi connectivity index (χ2v) is 9.25. The molecule has 1 unspecified atom stereocenters. The van der Waals surface area contributed by atoms with Crippen LogP contribution < -0.4 is 4.73 Å². The quantitative estimate of drug-likeness (QED) is 0.296. The van der Waals surface area contributed by atoms with Crippen LogP contribution in [0.4, 0.5) is 0 Å². The van der Waals surface area contributed by atoms with Gasteiger partial charge in [0.1, 0.15) is 0 Å². The molecule has 1 saturated heterocycles. The van der Waals surface area contributed by atoms with Gasteiger partial charge in [0.2, 0.25) is 0 Å². The molecule has 1 aliphatic heterocycles. The Bertz CT molecular complexity index is 1010. The maximum absolute atomic E-state index is 11.9. The van der Waals surface area contributed by atoms with E-state index in [1.54, 1.807) is 12.1 Å². The highest BCUT2D eigenvalue weighted by atomic mass is 35.5. The Morgan fingerprint density at radius 1 is 1.03 bits per heavy atom. The molecular weight excluding hydrogens is 457 g/mol. The van der Waals surface area contributed by atoms with E-state index < -0.39 is 11.3 Å². The molecule has 1 aromatic heterocycles. The first-order valence-corrected chi connectivity index (χ1v) is 11.5. The van der Waals surface area contributed by atoms with Crippen LogP contribution in [0.15, 0.2) is 73.1 Å². The van der Waals surface area contributed by atoms with E-state index in [0.29, 0.717) is 33.4 Å². The average Bonchev–Trinajstić information content (AvgIpc) is 2.71. The van der Waals surface area contributed by atoms with Crippen LogP contribution in [0, 0.1) is 5.21 Å². The Morgan fingerprint density at radius 2 is 1.58 bits per heavy atom. The molecule has 2 heterocycles. The van der Waals surface area contributed by atoms with Crippen molar-refractivity contribution in [2.75, 3.05) is 13.1 Å². The predicted molar refractivity (Wildman–Crippen MR) is 120 cm³/mol. The number of nitrogens with zero attached hydrogens (tertiary/aromatic N) is 3. The predicted octanol–water partition coefficient (Wildman–Crippen LogP) is 3.70. The third-order valence-electron chi connectivity index (χ3n) is 5.40. The summed E-state index contributed by atoms with van der Waals surface area (Å²) in [5, 5.41) is 12.8. The van der Waals surface area contributed by atoms with E-state index in [-0.39, 0.29) is 18.6 Å². The number of aromatic nitrogens is 1. The van der Waals surface area contributed by atoms with Gasteiger partial charge in [-0.15, -0.1) is 0 Å². The number of likely N-dealkylation sites (tertiary alicyclic amines) is 1. The Kier molecular flexibility index (Phi) is 6.91. The normalized spacial score (nSPS) is 15.9. The Labute approximate surface area is 193 Å². The molecular formula is C22H20Cl2N3O3S-. The molecule has 0 bridgehead atoms. The lowest BCUT2D eigenvalue weighted by Crippen LogP contribution is -2.60. The van der Waals surface area contributed by atoms with Crippen LogP contribution in [0.5, 0.6) is 0 Å². The highest BCUT2D eigenvalue weighted by Crippen LogP contribution is 2.35. The number of benzene rings is 2. The van der Waals surface area contributed by atoms with Crippen molar-refractivity contribution in [2.45, 2.75) is 18.6 Å². The van der Waals surface area contributed by atoms with Gasteiger partial charge in [-0.25, -0.2) is 4.31 Å². The molecule has 1 fully saturated rings. The second kappa shape index (κ2) is 9.65. The van der Waals surface area contributed by atoms with Gasteiger partial charge >= 0.3 is 0 Å². The van der Waals surface area contributed by atoms with Gasteiger partial charge in [-0.2, -0.15) is 4.73 Å². The maximum Gasteiger partial charge on any atom is 0.184 e. The molecule has 31 heavy (non-hydrogen) atoms. The van der Waals surface area contributed by atoms with Gasteiger partial charge in [-0.05, 0) is 41.5 Å². The van der Waals surface area contributed by atoms with Crippen molar-refractivity contribution < 1.29 is 13.5 Å². The number of halogens is 2. The van der Waals surface area contributed by atoms with Crippen molar-refractivity contribution in [3.05, 3.63) is 105 Å². The molecule has 0 spiro atoms. The summed E-state index contributed by atoms with van der Waals surface area (Å²) in [6.45, 7) is 1.28. The van der Waals surface area contributed by atoms with Gasteiger partial charge < -0.3 is 9.76 Å². The zero-order chi connectivity index (χ0) is 22.0. The molecule has 2 aromatic carbocycles. The molecule has 0 radical (unpaired) electrons. The van der Waals surface area contributed by atoms with Gasteiger partial charge in [0.25, 0.3) is 0 Å². The number of hydrogen-bond acceptors (Lipinski definition) is 4. The molecule has 1 aliphatic rings. The Balaban J connectivity index is 1.54. The lowest BCUT2D eigenvalue weighted by Gasteiger charge is -2.49. The molecule has 4 rings (SSSR count). The van der Waals surface area contributed by atoms with E-state index >= 15 is 0 Å². The summed E-state index contributed by atoms with van der Waals surface area (Å²) in [4.78, 5) is 2.22. The van der Waals surface area contributed by atoms with Gasteiger partial charge in [-0.3, -0.25) is 9.11 Å². The van der Waals surface area contributed by atoms with Crippen molar-refractivity contribution in [1.29, 1.82) is 0 Å². The topological polar surface area (TPSA) is 73.5 Å². The van der Waals surface area contributed by atoms with E-state index in [4.69, 9.17) is 23.2 Å². The van der Waals surface area contributed by atoms with Crippen molar-refractivity contribution in [2.24, 2.45) is 0 Å². The molecule has 0 aliphatic carbocycles. The van der Waals surface area contributed by atoms with Crippen LogP contribution >= 0.6 is 23.2 Å². The minimum absolute atomic E-state index is 0.0479. The largest absolute Gasteiger partial charge is 0.760 e. The number of rotatable bonds is 7. The second-order valence-electron chi connectivity index (χ2n) is 7.48. The monoisotopic (exact) mass is 476 g/mol. The Morgan fingerprint density at radius 3 is 2.06 bits per heavy atom. The summed E-state index contributed by atoms with van der Waals surface area (Å²) < 4.78 is 25.9. The van der Waals surface area contributed by atoms with Gasteiger partial charge in [0, 0.05) is 58.6 Å². The molecule has 6 nitrogen and oxygen atoms in total. The van der Waals surface area contributed by atoms with Crippen LogP contribution in [-0.4, -0.2) is 37.1 Å². The van der Waals surface area contributed by atoms with Gasteiger partial charge in [0.05, 0.1) is 6.04 Å². The zero-order valence-electron chi connectivity index (χ0n) is 16.4. The van der Waals surface area contributed by atoms with Crippen molar-refractivity contribution in [1.82, 2.24) is 9.21 Å². The van der Waals surface area contributed by atoms with E-state index in [9.17, 15) is 14.0 Å². The summed E-state index contributed by atoms with van der Waals surface area (Å²) in [7, 11) is 0. The first-order valence-electron chi connectivity index (χ1n) is 9.69. The van der Waals surface area contributed by atoms with E-state index in [1.165, 1.54) is 16.7 Å². The lowest BCUT2D eigenvalue weighted by atomic mass is 9.93. The van der Waals surface area contributed by atoms with E-state index in [2.05, 4.69) is 4.90 Å². The lowest BCUT2D eigenvalue weighted by molar-refractivity contribution is -0.605. The van der Waals surface area contributed by atoms with Gasteiger partial charge in [-0.1, -0.05) is 47.5 Å². The molecule has 0 amide bonds. The summed E-state index contributed by atoms with van der Waals surface area (Å²) >= 11 is 9.73. The highest BCUT2D eigenvalue weighted by Gasteiger charge is 2.38. The summed E-state index contributed by atoms with van der Waals surface area (Å²) in [6.07, 6.45) is 2.76. The fraction of sp³-hybridized carbons (Fsp3) is 0.227. The summed E-state index contributed by atoms with van der Waals surface area (Å²) in [5.74, 6) is 0. The summed E-state index contributed by atoms with van der Waals surface area (Å²) in [5.41, 5.74) is 2.78. The van der Waals surface area contributed by atoms with Crippen LogP contribution in [0.3, 0.4) is 0 Å². The van der Waals surface area contributed by atoms with Crippen LogP contribution in [0.25, 0.3) is 0 Å². The third kappa shape index (κ3) is 5.26. The van der Waals surface area contributed by atoms with Crippen LogP contribution in [0.2, 0.25) is 10.0 Å². The minimum Gasteiger partial charge on any atom is -0.760 e. The first-order chi connectivity index (χ1) is 14.9.